The summed E-state index contributed by atoms with van der Waals surface area (Å²) in [7, 11) is 2.12. The van der Waals surface area contributed by atoms with E-state index in [9.17, 15) is 5.11 Å². The summed E-state index contributed by atoms with van der Waals surface area (Å²) in [5, 5.41) is 14.3. The van der Waals surface area contributed by atoms with Gasteiger partial charge in [0.05, 0.1) is 12.5 Å². The van der Waals surface area contributed by atoms with Crippen LogP contribution in [0, 0.1) is 5.92 Å². The molecule has 1 saturated carbocycles. The number of hydrogen-bond donors (Lipinski definition) is 1. The van der Waals surface area contributed by atoms with Crippen LogP contribution in [0.1, 0.15) is 31.6 Å². The average molecular weight is 280 g/mol. The summed E-state index contributed by atoms with van der Waals surface area (Å²) in [6.07, 6.45) is 4.88. The molecule has 20 heavy (non-hydrogen) atoms. The standard InChI is InChI=1S/C14H24N4O2/c1-17-6-8-18(9-7-17)14-15-13(20-16-14)10-12(19)11-4-2-3-5-11/h11-12,19H,2-10H2,1H3. The predicted octanol–water partition coefficient (Wildman–Crippen LogP) is 0.915. The first-order chi connectivity index (χ1) is 9.72. The first kappa shape index (κ1) is 13.8. The van der Waals surface area contributed by atoms with Gasteiger partial charge in [0, 0.05) is 26.2 Å². The normalized spacial score (nSPS) is 23.4. The van der Waals surface area contributed by atoms with Crippen LogP contribution in [-0.2, 0) is 6.42 Å². The summed E-state index contributed by atoms with van der Waals surface area (Å²) in [6, 6.07) is 0. The summed E-state index contributed by atoms with van der Waals surface area (Å²) < 4.78 is 5.30. The van der Waals surface area contributed by atoms with Crippen molar-refractivity contribution >= 4 is 5.95 Å². The highest BCUT2D eigenvalue weighted by molar-refractivity contribution is 5.28. The van der Waals surface area contributed by atoms with E-state index in [4.69, 9.17) is 4.52 Å². The van der Waals surface area contributed by atoms with Gasteiger partial charge in [0.25, 0.3) is 5.95 Å². The van der Waals surface area contributed by atoms with Crippen molar-refractivity contribution in [1.82, 2.24) is 15.0 Å². The number of piperazine rings is 1. The molecule has 1 aromatic rings. The fourth-order valence-corrected chi connectivity index (χ4v) is 3.15. The highest BCUT2D eigenvalue weighted by Gasteiger charge is 2.26. The van der Waals surface area contributed by atoms with Crippen molar-refractivity contribution in [1.29, 1.82) is 0 Å². The maximum Gasteiger partial charge on any atom is 0.266 e. The molecule has 112 valence electrons. The lowest BCUT2D eigenvalue weighted by Crippen LogP contribution is -2.44. The molecule has 1 aliphatic heterocycles. The molecule has 3 rings (SSSR count). The molecule has 0 spiro atoms. The van der Waals surface area contributed by atoms with Gasteiger partial charge in [-0.3, -0.25) is 0 Å². The Morgan fingerprint density at radius 2 is 1.95 bits per heavy atom. The van der Waals surface area contributed by atoms with Crippen molar-refractivity contribution in [3.05, 3.63) is 5.89 Å². The van der Waals surface area contributed by atoms with E-state index >= 15 is 0 Å². The van der Waals surface area contributed by atoms with Crippen LogP contribution in [-0.4, -0.2) is 59.5 Å². The lowest BCUT2D eigenvalue weighted by molar-refractivity contribution is 0.102. The van der Waals surface area contributed by atoms with Gasteiger partial charge < -0.3 is 19.4 Å². The number of aliphatic hydroxyl groups is 1. The van der Waals surface area contributed by atoms with Crippen LogP contribution in [0.2, 0.25) is 0 Å². The number of likely N-dealkylation sites (N-methyl/N-ethyl adjacent to an activating group) is 1. The molecule has 1 aromatic heterocycles. The van der Waals surface area contributed by atoms with Crippen LogP contribution < -0.4 is 4.90 Å². The Labute approximate surface area is 119 Å². The van der Waals surface area contributed by atoms with E-state index < -0.39 is 0 Å². The van der Waals surface area contributed by atoms with Crippen LogP contribution >= 0.6 is 0 Å². The van der Waals surface area contributed by atoms with Crippen molar-refractivity contribution in [2.75, 3.05) is 38.1 Å². The molecular formula is C14H24N4O2. The molecule has 2 aliphatic rings. The third kappa shape index (κ3) is 3.12. The Morgan fingerprint density at radius 1 is 1.25 bits per heavy atom. The maximum atomic E-state index is 10.2. The third-order valence-corrected chi connectivity index (χ3v) is 4.57. The molecule has 1 aliphatic carbocycles. The summed E-state index contributed by atoms with van der Waals surface area (Å²) in [4.78, 5) is 8.88. The average Bonchev–Trinajstić information content (AvgIpc) is 3.10. The molecule has 0 amide bonds. The van der Waals surface area contributed by atoms with Gasteiger partial charge in [-0.1, -0.05) is 12.8 Å². The fourth-order valence-electron chi connectivity index (χ4n) is 3.15. The van der Waals surface area contributed by atoms with Crippen LogP contribution in [0.3, 0.4) is 0 Å². The van der Waals surface area contributed by atoms with Crippen molar-refractivity contribution in [3.8, 4) is 0 Å². The Balaban J connectivity index is 1.56. The second kappa shape index (κ2) is 6.10. The molecule has 2 fully saturated rings. The smallest absolute Gasteiger partial charge is 0.266 e. The van der Waals surface area contributed by atoms with E-state index in [0.29, 0.717) is 24.2 Å². The Morgan fingerprint density at radius 3 is 2.65 bits per heavy atom. The zero-order valence-electron chi connectivity index (χ0n) is 12.2. The van der Waals surface area contributed by atoms with E-state index in [1.165, 1.54) is 12.8 Å². The van der Waals surface area contributed by atoms with Crippen molar-refractivity contribution in [2.24, 2.45) is 5.92 Å². The minimum Gasteiger partial charge on any atom is -0.392 e. The SMILES string of the molecule is CN1CCN(c2noc(CC(O)C3CCCC3)n2)CC1. The van der Waals surface area contributed by atoms with Crippen LogP contribution in [0.4, 0.5) is 5.95 Å². The number of rotatable bonds is 4. The Kier molecular flexibility index (Phi) is 4.21. The second-order valence-electron chi connectivity index (χ2n) is 6.09. The highest BCUT2D eigenvalue weighted by Crippen LogP contribution is 2.29. The molecule has 6 nitrogen and oxygen atoms in total. The molecule has 0 aromatic carbocycles. The number of hydrogen-bond acceptors (Lipinski definition) is 6. The molecule has 0 bridgehead atoms. The van der Waals surface area contributed by atoms with Crippen molar-refractivity contribution < 1.29 is 9.63 Å². The second-order valence-corrected chi connectivity index (χ2v) is 6.09. The molecule has 6 heteroatoms. The van der Waals surface area contributed by atoms with Gasteiger partial charge >= 0.3 is 0 Å². The van der Waals surface area contributed by atoms with Crippen LogP contribution in [0.25, 0.3) is 0 Å². The van der Waals surface area contributed by atoms with Gasteiger partial charge in [0.1, 0.15) is 0 Å². The van der Waals surface area contributed by atoms with E-state index in [-0.39, 0.29) is 6.10 Å². The lowest BCUT2D eigenvalue weighted by Gasteiger charge is -2.31. The van der Waals surface area contributed by atoms with Gasteiger partial charge in [-0.05, 0) is 31.0 Å². The van der Waals surface area contributed by atoms with Gasteiger partial charge in [0.2, 0.25) is 5.89 Å². The highest BCUT2D eigenvalue weighted by atomic mass is 16.5. The zero-order chi connectivity index (χ0) is 13.9. The molecule has 1 saturated heterocycles. The number of aliphatic hydroxyl groups excluding tert-OH is 1. The van der Waals surface area contributed by atoms with Crippen molar-refractivity contribution in [3.63, 3.8) is 0 Å². The fraction of sp³-hybridized carbons (Fsp3) is 0.857. The molecule has 1 unspecified atom stereocenters. The maximum absolute atomic E-state index is 10.2. The first-order valence-electron chi connectivity index (χ1n) is 7.66. The van der Waals surface area contributed by atoms with Gasteiger partial charge in [0.15, 0.2) is 0 Å². The quantitative estimate of drug-likeness (QED) is 0.884. The lowest BCUT2D eigenvalue weighted by atomic mass is 9.98. The van der Waals surface area contributed by atoms with E-state index in [1.54, 1.807) is 0 Å². The van der Waals surface area contributed by atoms with Gasteiger partial charge in [-0.15, -0.1) is 0 Å². The number of nitrogens with zero attached hydrogens (tertiary/aromatic N) is 4. The Bertz CT molecular complexity index is 423. The van der Waals surface area contributed by atoms with Crippen LogP contribution in [0.5, 0.6) is 0 Å². The summed E-state index contributed by atoms with van der Waals surface area (Å²) >= 11 is 0. The van der Waals surface area contributed by atoms with Gasteiger partial charge in [-0.2, -0.15) is 4.98 Å². The van der Waals surface area contributed by atoms with E-state index in [2.05, 4.69) is 27.0 Å². The Hall–Kier alpha value is -1.14. The minimum absolute atomic E-state index is 0.335. The summed E-state index contributed by atoms with van der Waals surface area (Å²) in [5.41, 5.74) is 0. The zero-order valence-corrected chi connectivity index (χ0v) is 12.2. The molecule has 1 N–H and O–H groups in total. The van der Waals surface area contributed by atoms with E-state index in [0.717, 1.165) is 39.0 Å². The number of anilines is 1. The molecule has 2 heterocycles. The molecule has 0 radical (unpaired) electrons. The summed E-state index contributed by atoms with van der Waals surface area (Å²) in [5.74, 6) is 1.65. The van der Waals surface area contributed by atoms with Crippen LogP contribution in [0.15, 0.2) is 4.52 Å². The topological polar surface area (TPSA) is 65.6 Å². The first-order valence-corrected chi connectivity index (χ1v) is 7.66. The third-order valence-electron chi connectivity index (χ3n) is 4.57. The van der Waals surface area contributed by atoms with Gasteiger partial charge in [-0.25, -0.2) is 0 Å². The monoisotopic (exact) mass is 280 g/mol. The number of aromatic nitrogens is 2. The van der Waals surface area contributed by atoms with Crippen molar-refractivity contribution in [2.45, 2.75) is 38.2 Å². The molecular weight excluding hydrogens is 256 g/mol. The molecule has 1 atom stereocenters. The minimum atomic E-state index is -0.335. The summed E-state index contributed by atoms with van der Waals surface area (Å²) in [6.45, 7) is 3.91. The largest absolute Gasteiger partial charge is 0.392 e. The predicted molar refractivity (Wildman–Crippen MR) is 75.7 cm³/mol. The van der Waals surface area contributed by atoms with E-state index in [1.807, 2.05) is 0 Å².